The standard InChI is InChI=1S/C24H19F2N3O4Se/c25-16-6-5-13-15(20(16)26)12-34-18-4-2-1-3-14(18)21(13)29-19-11-33-10-9-27(19)24(32)22-23(31)17(30)7-8-28(22)29/h1-8,19,21,31H,9-12H2/t19-,21?/m1/s1. The molecule has 0 spiro atoms. The molecular weight excluding hydrogens is 511 g/mol. The molecule has 10 heteroatoms. The van der Waals surface area contributed by atoms with Crippen LogP contribution in [0.2, 0.25) is 0 Å². The molecule has 0 aliphatic carbocycles. The molecule has 7 nitrogen and oxygen atoms in total. The predicted molar refractivity (Wildman–Crippen MR) is 120 cm³/mol. The molecule has 3 aliphatic rings. The monoisotopic (exact) mass is 531 g/mol. The molecule has 1 N–H and O–H groups in total. The van der Waals surface area contributed by atoms with Gasteiger partial charge in [0.2, 0.25) is 0 Å². The number of carbonyl (C=O) groups is 1. The van der Waals surface area contributed by atoms with Gasteiger partial charge < -0.3 is 0 Å². The van der Waals surface area contributed by atoms with Crippen LogP contribution in [0.4, 0.5) is 8.78 Å². The molecule has 3 aromatic rings. The summed E-state index contributed by atoms with van der Waals surface area (Å²) in [6.45, 7) is 0.765. The van der Waals surface area contributed by atoms with Crippen LogP contribution in [-0.2, 0) is 10.1 Å². The minimum atomic E-state index is -0.905. The number of rotatable bonds is 1. The zero-order chi connectivity index (χ0) is 23.6. The molecule has 1 saturated heterocycles. The van der Waals surface area contributed by atoms with Gasteiger partial charge in [0.15, 0.2) is 0 Å². The van der Waals surface area contributed by atoms with Crippen LogP contribution in [0, 0.1) is 11.6 Å². The van der Waals surface area contributed by atoms with Crippen molar-refractivity contribution >= 4 is 25.3 Å². The SMILES string of the molecule is O=C1c2c(O)c(=O)ccn2N(C2c3ccccc3[Se]Cc3c2ccc(F)c3F)[C@@H]2COCCN12. The molecule has 174 valence electrons. The maximum absolute atomic E-state index is 15.1. The summed E-state index contributed by atoms with van der Waals surface area (Å²) >= 11 is -0.155. The summed E-state index contributed by atoms with van der Waals surface area (Å²) < 4.78 is 37.6. The van der Waals surface area contributed by atoms with Crippen molar-refractivity contribution in [2.45, 2.75) is 17.5 Å². The molecule has 0 radical (unpaired) electrons. The third-order valence-corrected chi connectivity index (χ3v) is 8.89. The molecule has 4 heterocycles. The summed E-state index contributed by atoms with van der Waals surface area (Å²) in [7, 11) is 0. The summed E-state index contributed by atoms with van der Waals surface area (Å²) in [5, 5.41) is 12.8. The molecule has 0 bridgehead atoms. The molecule has 2 aromatic carbocycles. The summed E-state index contributed by atoms with van der Waals surface area (Å²) in [5.41, 5.74) is 0.964. The fraction of sp³-hybridized carbons (Fsp3) is 0.250. The van der Waals surface area contributed by atoms with E-state index in [9.17, 15) is 19.1 Å². The van der Waals surface area contributed by atoms with E-state index in [1.807, 2.05) is 29.3 Å². The Morgan fingerprint density at radius 3 is 2.74 bits per heavy atom. The molecule has 1 aromatic heterocycles. The van der Waals surface area contributed by atoms with Gasteiger partial charge in [0.05, 0.1) is 0 Å². The Balaban J connectivity index is 1.67. The van der Waals surface area contributed by atoms with Crippen LogP contribution in [-0.4, -0.2) is 61.5 Å². The number of hydrogen-bond donors (Lipinski definition) is 1. The van der Waals surface area contributed by atoms with Gasteiger partial charge in [-0.3, -0.25) is 0 Å². The Morgan fingerprint density at radius 1 is 1.06 bits per heavy atom. The van der Waals surface area contributed by atoms with E-state index >= 15 is 4.39 Å². The van der Waals surface area contributed by atoms with Gasteiger partial charge in [-0.25, -0.2) is 0 Å². The average Bonchev–Trinajstić information content (AvgIpc) is 3.01. The van der Waals surface area contributed by atoms with Gasteiger partial charge in [-0.2, -0.15) is 0 Å². The van der Waals surface area contributed by atoms with E-state index < -0.39 is 40.9 Å². The summed E-state index contributed by atoms with van der Waals surface area (Å²) in [6, 6.07) is 11.0. The van der Waals surface area contributed by atoms with Crippen molar-refractivity contribution in [2.75, 3.05) is 24.8 Å². The van der Waals surface area contributed by atoms with Gasteiger partial charge in [-0.15, -0.1) is 0 Å². The number of amides is 1. The zero-order valence-electron chi connectivity index (χ0n) is 17.8. The quantitative estimate of drug-likeness (QED) is 0.479. The number of hydrogen-bond acceptors (Lipinski definition) is 5. The van der Waals surface area contributed by atoms with Crippen LogP contribution in [0.15, 0.2) is 53.5 Å². The second-order valence-corrected chi connectivity index (χ2v) is 10.4. The van der Waals surface area contributed by atoms with Gasteiger partial charge in [0, 0.05) is 0 Å². The van der Waals surface area contributed by atoms with E-state index in [0.717, 1.165) is 16.1 Å². The summed E-state index contributed by atoms with van der Waals surface area (Å²) in [4.78, 5) is 27.1. The zero-order valence-corrected chi connectivity index (χ0v) is 19.5. The number of aromatic hydroxyl groups is 1. The minimum absolute atomic E-state index is 0.151. The first-order valence-corrected chi connectivity index (χ1v) is 12.8. The summed E-state index contributed by atoms with van der Waals surface area (Å²) in [5.74, 6) is -2.89. The first-order chi connectivity index (χ1) is 16.5. The number of ether oxygens (including phenoxy) is 1. The fourth-order valence-corrected chi connectivity index (χ4v) is 7.32. The molecule has 1 unspecified atom stereocenters. The Kier molecular flexibility index (Phi) is 4.98. The van der Waals surface area contributed by atoms with Crippen molar-refractivity contribution in [2.24, 2.45) is 0 Å². The molecule has 3 aliphatic heterocycles. The number of morpholine rings is 1. The number of carbonyl (C=O) groups excluding carboxylic acids is 1. The van der Waals surface area contributed by atoms with Crippen molar-refractivity contribution < 1.29 is 23.4 Å². The van der Waals surface area contributed by atoms with Crippen LogP contribution in [0.25, 0.3) is 0 Å². The van der Waals surface area contributed by atoms with Gasteiger partial charge in [0.1, 0.15) is 0 Å². The third kappa shape index (κ3) is 3.02. The Bertz CT molecular complexity index is 1400. The second-order valence-electron chi connectivity index (χ2n) is 8.31. The van der Waals surface area contributed by atoms with Gasteiger partial charge in [-0.05, 0) is 0 Å². The Labute approximate surface area is 199 Å². The van der Waals surface area contributed by atoms with E-state index in [1.165, 1.54) is 16.9 Å². The first-order valence-electron chi connectivity index (χ1n) is 10.8. The van der Waals surface area contributed by atoms with Crippen molar-refractivity contribution in [1.29, 1.82) is 0 Å². The average molecular weight is 530 g/mol. The van der Waals surface area contributed by atoms with Crippen LogP contribution >= 0.6 is 0 Å². The summed E-state index contributed by atoms with van der Waals surface area (Å²) in [6.07, 6.45) is 0.861. The van der Waals surface area contributed by atoms with Crippen LogP contribution < -0.4 is 14.9 Å². The number of pyridine rings is 1. The van der Waals surface area contributed by atoms with E-state index in [0.29, 0.717) is 23.1 Å². The number of halogens is 2. The van der Waals surface area contributed by atoms with Crippen molar-refractivity contribution in [3.63, 3.8) is 0 Å². The van der Waals surface area contributed by atoms with Gasteiger partial charge in [0.25, 0.3) is 0 Å². The van der Waals surface area contributed by atoms with E-state index in [4.69, 9.17) is 4.74 Å². The Morgan fingerprint density at radius 2 is 1.88 bits per heavy atom. The molecule has 1 fully saturated rings. The number of benzene rings is 2. The first kappa shape index (κ1) is 21.3. The molecule has 1 amide bonds. The van der Waals surface area contributed by atoms with Gasteiger partial charge >= 0.3 is 199 Å². The fourth-order valence-electron chi connectivity index (χ4n) is 4.98. The number of nitrogens with zero attached hydrogens (tertiary/aromatic N) is 3. The van der Waals surface area contributed by atoms with Crippen molar-refractivity contribution in [3.8, 4) is 5.75 Å². The van der Waals surface area contributed by atoms with Crippen LogP contribution in [0.1, 0.15) is 33.2 Å². The van der Waals surface area contributed by atoms with E-state index in [1.54, 1.807) is 11.0 Å². The predicted octanol–water partition coefficient (Wildman–Crippen LogP) is 1.21. The van der Waals surface area contributed by atoms with E-state index in [2.05, 4.69) is 0 Å². The molecule has 2 atom stereocenters. The molecule has 34 heavy (non-hydrogen) atoms. The number of aromatic nitrogens is 1. The van der Waals surface area contributed by atoms with Crippen molar-refractivity contribution in [1.82, 2.24) is 9.58 Å². The second kappa shape index (κ2) is 7.94. The maximum atomic E-state index is 15.1. The van der Waals surface area contributed by atoms with Crippen LogP contribution in [0.3, 0.4) is 0 Å². The normalized spacial score (nSPS) is 21.3. The molecular formula is C24H19F2N3O4Se. The number of fused-ring (bicyclic) bond motifs is 4. The van der Waals surface area contributed by atoms with Crippen LogP contribution in [0.5, 0.6) is 5.75 Å². The molecule has 0 saturated carbocycles. The third-order valence-electron chi connectivity index (χ3n) is 6.55. The molecule has 6 rings (SSSR count). The van der Waals surface area contributed by atoms with Crippen molar-refractivity contribution in [3.05, 3.63) is 92.9 Å². The topological polar surface area (TPSA) is 75.0 Å². The Hall–Kier alpha value is -3.20. The van der Waals surface area contributed by atoms with Gasteiger partial charge in [-0.1, -0.05) is 0 Å². The van der Waals surface area contributed by atoms with E-state index in [-0.39, 0.29) is 33.8 Å².